The molecule has 0 N–H and O–H groups in total. The fourth-order valence-corrected chi connectivity index (χ4v) is 4.39. The Morgan fingerprint density at radius 2 is 1.86 bits per heavy atom. The van der Waals surface area contributed by atoms with E-state index < -0.39 is 11.7 Å². The molecule has 4 rings (SSSR count). The number of nitrogens with zero attached hydrogens (tertiary/aromatic N) is 3. The molecule has 3 aromatic heterocycles. The molecular formula is C22H20F3N3S. The summed E-state index contributed by atoms with van der Waals surface area (Å²) in [6.07, 6.45) is 2.39. The average Bonchev–Trinajstić information content (AvgIpc) is 3.31. The fraction of sp³-hybridized carbons (Fsp3) is 0.273. The molecule has 29 heavy (non-hydrogen) atoms. The predicted molar refractivity (Wildman–Crippen MR) is 110 cm³/mol. The third-order valence-electron chi connectivity index (χ3n) is 4.84. The van der Waals surface area contributed by atoms with Crippen LogP contribution in [0.15, 0.2) is 54.9 Å². The minimum atomic E-state index is -4.33. The monoisotopic (exact) mass is 415 g/mol. The van der Waals surface area contributed by atoms with Gasteiger partial charge in [0.15, 0.2) is 0 Å². The van der Waals surface area contributed by atoms with E-state index in [0.717, 1.165) is 58.0 Å². The van der Waals surface area contributed by atoms with Gasteiger partial charge in [0.05, 0.1) is 17.8 Å². The van der Waals surface area contributed by atoms with Crippen LogP contribution in [0.3, 0.4) is 0 Å². The van der Waals surface area contributed by atoms with Gasteiger partial charge in [0.25, 0.3) is 0 Å². The van der Waals surface area contributed by atoms with E-state index >= 15 is 0 Å². The molecule has 0 aliphatic rings. The van der Waals surface area contributed by atoms with Crippen LogP contribution in [0.4, 0.5) is 13.2 Å². The van der Waals surface area contributed by atoms with Crippen LogP contribution in [0.5, 0.6) is 0 Å². The standard InChI is InChI=1S/C22H20F3N3S/c1-2-3-6-18-19(14-28-13-11-15-5-4-12-26-20(15)28)29-21(27-18)16-7-9-17(10-8-16)22(23,24)25/h4-5,7-13H,2-3,6,14H2,1H3. The Morgan fingerprint density at radius 1 is 1.07 bits per heavy atom. The van der Waals surface area contributed by atoms with Crippen molar-refractivity contribution in [3.63, 3.8) is 0 Å². The van der Waals surface area contributed by atoms with E-state index in [4.69, 9.17) is 4.98 Å². The molecule has 4 aromatic rings. The molecule has 0 atom stereocenters. The first-order chi connectivity index (χ1) is 14.0. The van der Waals surface area contributed by atoms with Crippen molar-refractivity contribution in [1.82, 2.24) is 14.5 Å². The van der Waals surface area contributed by atoms with Crippen molar-refractivity contribution in [2.75, 3.05) is 0 Å². The molecular weight excluding hydrogens is 395 g/mol. The van der Waals surface area contributed by atoms with Crippen molar-refractivity contribution in [2.45, 2.75) is 38.9 Å². The maximum Gasteiger partial charge on any atom is 0.416 e. The third-order valence-corrected chi connectivity index (χ3v) is 5.97. The van der Waals surface area contributed by atoms with Gasteiger partial charge in [-0.1, -0.05) is 25.5 Å². The van der Waals surface area contributed by atoms with Crippen molar-refractivity contribution < 1.29 is 13.2 Å². The van der Waals surface area contributed by atoms with E-state index in [9.17, 15) is 13.2 Å². The molecule has 7 heteroatoms. The van der Waals surface area contributed by atoms with E-state index in [1.54, 1.807) is 17.5 Å². The van der Waals surface area contributed by atoms with E-state index in [1.165, 1.54) is 12.1 Å². The van der Waals surface area contributed by atoms with Gasteiger partial charge in [-0.15, -0.1) is 11.3 Å². The number of benzene rings is 1. The van der Waals surface area contributed by atoms with Crippen molar-refractivity contribution in [1.29, 1.82) is 0 Å². The zero-order valence-electron chi connectivity index (χ0n) is 15.9. The Bertz CT molecular complexity index is 1110. The molecule has 3 heterocycles. The number of aromatic nitrogens is 3. The normalized spacial score (nSPS) is 12.0. The highest BCUT2D eigenvalue weighted by atomic mass is 32.1. The Labute approximate surface area is 170 Å². The van der Waals surface area contributed by atoms with Gasteiger partial charge in [0, 0.05) is 28.2 Å². The fourth-order valence-electron chi connectivity index (χ4n) is 3.27. The number of hydrogen-bond donors (Lipinski definition) is 0. The lowest BCUT2D eigenvalue weighted by Crippen LogP contribution is -2.03. The van der Waals surface area contributed by atoms with Gasteiger partial charge in [-0.25, -0.2) is 9.97 Å². The van der Waals surface area contributed by atoms with Gasteiger partial charge in [-0.2, -0.15) is 13.2 Å². The molecule has 0 saturated carbocycles. The minimum absolute atomic E-state index is 0.644. The highest BCUT2D eigenvalue weighted by molar-refractivity contribution is 7.15. The zero-order valence-corrected chi connectivity index (χ0v) is 16.7. The second-order valence-corrected chi connectivity index (χ2v) is 8.01. The second kappa shape index (κ2) is 7.99. The number of fused-ring (bicyclic) bond motifs is 1. The second-order valence-electron chi connectivity index (χ2n) is 6.93. The number of alkyl halides is 3. The summed E-state index contributed by atoms with van der Waals surface area (Å²) in [5, 5.41) is 1.83. The van der Waals surface area contributed by atoms with Crippen molar-refractivity contribution in [3.05, 3.63) is 71.0 Å². The molecule has 0 amide bonds. The molecule has 0 fully saturated rings. The van der Waals surface area contributed by atoms with Crippen LogP contribution in [0.25, 0.3) is 21.6 Å². The van der Waals surface area contributed by atoms with E-state index in [1.807, 2.05) is 24.4 Å². The number of pyridine rings is 1. The van der Waals surface area contributed by atoms with Gasteiger partial charge in [-0.3, -0.25) is 0 Å². The predicted octanol–water partition coefficient (Wildman–Crippen LogP) is 6.57. The molecule has 0 unspecified atom stereocenters. The number of thiazole rings is 1. The first-order valence-electron chi connectivity index (χ1n) is 9.52. The molecule has 0 aliphatic heterocycles. The average molecular weight is 415 g/mol. The van der Waals surface area contributed by atoms with Gasteiger partial charge < -0.3 is 4.57 Å². The molecule has 3 nitrogen and oxygen atoms in total. The number of rotatable bonds is 6. The summed E-state index contributed by atoms with van der Waals surface area (Å²) in [5.74, 6) is 0. The lowest BCUT2D eigenvalue weighted by atomic mass is 10.1. The first-order valence-corrected chi connectivity index (χ1v) is 10.3. The molecule has 0 spiro atoms. The molecule has 0 saturated heterocycles. The quantitative estimate of drug-likeness (QED) is 0.357. The molecule has 1 aromatic carbocycles. The molecule has 0 radical (unpaired) electrons. The lowest BCUT2D eigenvalue weighted by molar-refractivity contribution is -0.137. The topological polar surface area (TPSA) is 30.7 Å². The Morgan fingerprint density at radius 3 is 2.59 bits per heavy atom. The highest BCUT2D eigenvalue weighted by Gasteiger charge is 2.30. The summed E-state index contributed by atoms with van der Waals surface area (Å²) in [7, 11) is 0. The summed E-state index contributed by atoms with van der Waals surface area (Å²) in [5.41, 5.74) is 2.00. The molecule has 0 bridgehead atoms. The Balaban J connectivity index is 1.67. The Kier molecular flexibility index (Phi) is 5.41. The number of unbranched alkanes of at least 4 members (excludes halogenated alkanes) is 1. The van der Waals surface area contributed by atoms with Crippen molar-refractivity contribution in [2.24, 2.45) is 0 Å². The van der Waals surface area contributed by atoms with Crippen LogP contribution in [-0.4, -0.2) is 14.5 Å². The van der Waals surface area contributed by atoms with Crippen LogP contribution < -0.4 is 0 Å². The Hall–Kier alpha value is -2.67. The van der Waals surface area contributed by atoms with Crippen LogP contribution in [0, 0.1) is 0 Å². The summed E-state index contributed by atoms with van der Waals surface area (Å²) in [6.45, 7) is 2.78. The van der Waals surface area contributed by atoms with Gasteiger partial charge >= 0.3 is 6.18 Å². The van der Waals surface area contributed by atoms with Crippen LogP contribution in [0.2, 0.25) is 0 Å². The largest absolute Gasteiger partial charge is 0.416 e. The molecule has 0 aliphatic carbocycles. The summed E-state index contributed by atoms with van der Waals surface area (Å²) in [6, 6.07) is 11.2. The van der Waals surface area contributed by atoms with Crippen molar-refractivity contribution >= 4 is 22.4 Å². The highest BCUT2D eigenvalue weighted by Crippen LogP contribution is 2.34. The maximum atomic E-state index is 12.8. The van der Waals surface area contributed by atoms with Gasteiger partial charge in [0.2, 0.25) is 0 Å². The van der Waals surface area contributed by atoms with Crippen molar-refractivity contribution in [3.8, 4) is 10.6 Å². The first kappa shape index (κ1) is 19.6. The molecule has 150 valence electrons. The third kappa shape index (κ3) is 4.19. The van der Waals surface area contributed by atoms with Gasteiger partial charge in [-0.05, 0) is 43.2 Å². The lowest BCUT2D eigenvalue weighted by Gasteiger charge is -2.06. The van der Waals surface area contributed by atoms with Gasteiger partial charge in [0.1, 0.15) is 10.7 Å². The number of aryl methyl sites for hydroxylation is 1. The number of halogens is 3. The van der Waals surface area contributed by atoms with Crippen LogP contribution >= 0.6 is 11.3 Å². The minimum Gasteiger partial charge on any atom is -0.327 e. The SMILES string of the molecule is CCCCc1nc(-c2ccc(C(F)(F)F)cc2)sc1Cn1ccc2cccnc21. The van der Waals surface area contributed by atoms with E-state index in [2.05, 4.69) is 16.5 Å². The van der Waals surface area contributed by atoms with Crippen LogP contribution in [0.1, 0.15) is 35.9 Å². The summed E-state index contributed by atoms with van der Waals surface area (Å²) in [4.78, 5) is 10.4. The van der Waals surface area contributed by atoms with E-state index in [0.29, 0.717) is 12.1 Å². The van der Waals surface area contributed by atoms with Crippen LogP contribution in [-0.2, 0) is 19.1 Å². The van der Waals surface area contributed by atoms with E-state index in [-0.39, 0.29) is 0 Å². The summed E-state index contributed by atoms with van der Waals surface area (Å²) >= 11 is 1.54. The number of hydrogen-bond acceptors (Lipinski definition) is 3. The summed E-state index contributed by atoms with van der Waals surface area (Å²) < 4.78 is 40.6. The zero-order chi connectivity index (χ0) is 20.4. The smallest absolute Gasteiger partial charge is 0.327 e. The maximum absolute atomic E-state index is 12.8.